The number of ether oxygens (including phenoxy) is 1. The molecule has 1 fully saturated rings. The van der Waals surface area contributed by atoms with Crippen molar-refractivity contribution in [2.24, 2.45) is 0 Å². The summed E-state index contributed by atoms with van der Waals surface area (Å²) in [7, 11) is 0. The fraction of sp³-hybridized carbons (Fsp3) is 0.429. The molecule has 0 bridgehead atoms. The molecule has 1 N–H and O–H groups in total. The lowest BCUT2D eigenvalue weighted by Gasteiger charge is -2.18. The molecule has 0 radical (unpaired) electrons. The van der Waals surface area contributed by atoms with Gasteiger partial charge in [0.15, 0.2) is 0 Å². The summed E-state index contributed by atoms with van der Waals surface area (Å²) in [6.45, 7) is 1.99. The first-order valence-electron chi connectivity index (χ1n) is 6.41. The van der Waals surface area contributed by atoms with E-state index in [1.54, 1.807) is 24.3 Å². The van der Waals surface area contributed by atoms with Crippen LogP contribution in [0.2, 0.25) is 0 Å². The summed E-state index contributed by atoms with van der Waals surface area (Å²) < 4.78 is 19.2. The Kier molecular flexibility index (Phi) is 3.92. The lowest BCUT2D eigenvalue weighted by molar-refractivity contribution is -0.149. The lowest BCUT2D eigenvalue weighted by Crippen LogP contribution is -2.38. The number of alkyl halides is 1. The van der Waals surface area contributed by atoms with Crippen molar-refractivity contribution in [2.45, 2.75) is 19.0 Å². The van der Waals surface area contributed by atoms with Crippen molar-refractivity contribution >= 4 is 11.9 Å². The molecule has 0 aromatic heterocycles. The van der Waals surface area contributed by atoms with Gasteiger partial charge in [0, 0.05) is 18.5 Å². The Morgan fingerprint density at radius 3 is 2.85 bits per heavy atom. The highest BCUT2D eigenvalue weighted by Gasteiger charge is 2.46. The van der Waals surface area contributed by atoms with Crippen molar-refractivity contribution in [3.05, 3.63) is 29.8 Å². The first kappa shape index (κ1) is 14.3. The van der Waals surface area contributed by atoms with Crippen molar-refractivity contribution in [3.63, 3.8) is 0 Å². The zero-order chi connectivity index (χ0) is 14.8. The Hall–Kier alpha value is -2.11. The Balaban J connectivity index is 2.13. The predicted molar refractivity (Wildman–Crippen MR) is 69.6 cm³/mol. The maximum Gasteiger partial charge on any atom is 0.343 e. The van der Waals surface area contributed by atoms with Gasteiger partial charge in [-0.3, -0.25) is 4.79 Å². The minimum absolute atomic E-state index is 0.0977. The molecular weight excluding hydrogens is 265 g/mol. The van der Waals surface area contributed by atoms with E-state index in [4.69, 9.17) is 9.84 Å². The molecular formula is C14H16FNO4. The number of benzene rings is 1. The second-order valence-electron chi connectivity index (χ2n) is 4.71. The maximum atomic E-state index is 13.9. The van der Waals surface area contributed by atoms with Crippen LogP contribution in [0.1, 0.15) is 23.7 Å². The first-order valence-corrected chi connectivity index (χ1v) is 6.41. The van der Waals surface area contributed by atoms with E-state index in [9.17, 15) is 14.0 Å². The van der Waals surface area contributed by atoms with Crippen LogP contribution in [0.25, 0.3) is 0 Å². The molecule has 0 spiro atoms. The van der Waals surface area contributed by atoms with Crippen LogP contribution in [0, 0.1) is 0 Å². The number of halogens is 1. The minimum Gasteiger partial charge on any atom is -0.494 e. The van der Waals surface area contributed by atoms with Gasteiger partial charge in [0.1, 0.15) is 5.75 Å². The van der Waals surface area contributed by atoms with Crippen LogP contribution >= 0.6 is 0 Å². The third kappa shape index (κ3) is 2.74. The molecule has 5 nitrogen and oxygen atoms in total. The molecule has 108 valence electrons. The highest BCUT2D eigenvalue weighted by molar-refractivity contribution is 5.95. The maximum absolute atomic E-state index is 13.9. The van der Waals surface area contributed by atoms with E-state index < -0.39 is 18.2 Å². The Labute approximate surface area is 116 Å². The van der Waals surface area contributed by atoms with E-state index >= 15 is 0 Å². The van der Waals surface area contributed by atoms with E-state index in [1.165, 1.54) is 4.90 Å². The normalized spacial score (nSPS) is 21.8. The SMILES string of the molecule is CCOc1cccc(C(=O)N2CC[C@@](F)(C(=O)O)C2)c1. The number of nitrogens with zero attached hydrogens (tertiary/aromatic N) is 1. The van der Waals surface area contributed by atoms with Crippen molar-refractivity contribution < 1.29 is 23.8 Å². The number of hydrogen-bond acceptors (Lipinski definition) is 3. The van der Waals surface area contributed by atoms with Crippen LogP contribution in [0.5, 0.6) is 5.75 Å². The van der Waals surface area contributed by atoms with Crippen molar-refractivity contribution in [1.29, 1.82) is 0 Å². The summed E-state index contributed by atoms with van der Waals surface area (Å²) in [6.07, 6.45) is -0.181. The second-order valence-corrected chi connectivity index (χ2v) is 4.71. The van der Waals surface area contributed by atoms with Gasteiger partial charge in [0.25, 0.3) is 5.91 Å². The fourth-order valence-electron chi connectivity index (χ4n) is 2.19. The smallest absolute Gasteiger partial charge is 0.343 e. The van der Waals surface area contributed by atoms with Gasteiger partial charge in [-0.2, -0.15) is 0 Å². The van der Waals surface area contributed by atoms with Crippen LogP contribution in [-0.4, -0.2) is 47.2 Å². The third-order valence-electron chi connectivity index (χ3n) is 3.28. The Morgan fingerprint density at radius 1 is 1.50 bits per heavy atom. The molecule has 1 atom stereocenters. The highest BCUT2D eigenvalue weighted by atomic mass is 19.1. The summed E-state index contributed by atoms with van der Waals surface area (Å²) in [5.74, 6) is -1.34. The fourth-order valence-corrected chi connectivity index (χ4v) is 2.19. The van der Waals surface area contributed by atoms with Gasteiger partial charge in [-0.05, 0) is 25.1 Å². The molecule has 1 amide bonds. The number of carboxylic acids is 1. The van der Waals surface area contributed by atoms with Crippen LogP contribution < -0.4 is 4.74 Å². The topological polar surface area (TPSA) is 66.8 Å². The average Bonchev–Trinajstić information content (AvgIpc) is 2.83. The molecule has 1 aliphatic rings. The zero-order valence-corrected chi connectivity index (χ0v) is 11.1. The van der Waals surface area contributed by atoms with Gasteiger partial charge in [-0.1, -0.05) is 6.07 Å². The van der Waals surface area contributed by atoms with Gasteiger partial charge in [0.05, 0.1) is 13.2 Å². The molecule has 2 rings (SSSR count). The lowest BCUT2D eigenvalue weighted by atomic mass is 10.1. The molecule has 1 heterocycles. The van der Waals surface area contributed by atoms with Gasteiger partial charge in [-0.25, -0.2) is 9.18 Å². The molecule has 0 saturated carbocycles. The van der Waals surface area contributed by atoms with Crippen LogP contribution in [0.4, 0.5) is 4.39 Å². The largest absolute Gasteiger partial charge is 0.494 e. The number of carboxylic acid groups (broad SMARTS) is 1. The van der Waals surface area contributed by atoms with Crippen molar-refractivity contribution in [3.8, 4) is 5.75 Å². The predicted octanol–water partition coefficient (Wildman–Crippen LogP) is 1.72. The molecule has 20 heavy (non-hydrogen) atoms. The summed E-state index contributed by atoms with van der Waals surface area (Å²) in [5, 5.41) is 8.82. The van der Waals surface area contributed by atoms with Crippen molar-refractivity contribution in [2.75, 3.05) is 19.7 Å². The van der Waals surface area contributed by atoms with Gasteiger partial charge < -0.3 is 14.7 Å². The number of rotatable bonds is 4. The van der Waals surface area contributed by atoms with Gasteiger partial charge >= 0.3 is 5.97 Å². The minimum atomic E-state index is -2.34. The zero-order valence-electron chi connectivity index (χ0n) is 11.1. The standard InChI is InChI=1S/C14H16FNO4/c1-2-20-11-5-3-4-10(8-11)12(17)16-7-6-14(15,9-16)13(18)19/h3-5,8H,2,6-7,9H2,1H3,(H,18,19)/t14-/m0/s1. The molecule has 1 aliphatic heterocycles. The van der Waals surface area contributed by atoms with E-state index in [2.05, 4.69) is 0 Å². The summed E-state index contributed by atoms with van der Waals surface area (Å²) >= 11 is 0. The van der Waals surface area contributed by atoms with Gasteiger partial charge in [-0.15, -0.1) is 0 Å². The number of aliphatic carboxylic acids is 1. The molecule has 0 unspecified atom stereocenters. The van der Waals surface area contributed by atoms with E-state index in [0.29, 0.717) is 17.9 Å². The third-order valence-corrected chi connectivity index (χ3v) is 3.28. The summed E-state index contributed by atoms with van der Waals surface area (Å²) in [4.78, 5) is 24.3. The van der Waals surface area contributed by atoms with Crippen molar-refractivity contribution in [1.82, 2.24) is 4.90 Å². The number of likely N-dealkylation sites (tertiary alicyclic amines) is 1. The number of carbonyl (C=O) groups is 2. The highest BCUT2D eigenvalue weighted by Crippen LogP contribution is 2.27. The molecule has 1 aromatic carbocycles. The Morgan fingerprint density at radius 2 is 2.25 bits per heavy atom. The second kappa shape index (κ2) is 5.48. The molecule has 0 aliphatic carbocycles. The molecule has 1 aromatic rings. The first-order chi connectivity index (χ1) is 9.46. The monoisotopic (exact) mass is 281 g/mol. The number of carbonyl (C=O) groups excluding carboxylic acids is 1. The van der Waals surface area contributed by atoms with E-state index in [1.807, 2.05) is 6.92 Å². The number of amides is 1. The number of hydrogen-bond donors (Lipinski definition) is 1. The summed E-state index contributed by atoms with van der Waals surface area (Å²) in [5.41, 5.74) is -1.97. The van der Waals surface area contributed by atoms with E-state index in [0.717, 1.165) is 0 Å². The van der Waals surface area contributed by atoms with Crippen LogP contribution in [-0.2, 0) is 4.79 Å². The van der Waals surface area contributed by atoms with Gasteiger partial charge in [0.2, 0.25) is 5.67 Å². The summed E-state index contributed by atoms with van der Waals surface area (Å²) in [6, 6.07) is 6.57. The van der Waals surface area contributed by atoms with Crippen LogP contribution in [0.3, 0.4) is 0 Å². The Bertz CT molecular complexity index is 534. The van der Waals surface area contributed by atoms with E-state index in [-0.39, 0.29) is 18.9 Å². The molecule has 1 saturated heterocycles. The average molecular weight is 281 g/mol. The molecule has 6 heteroatoms. The quantitative estimate of drug-likeness (QED) is 0.912. The van der Waals surface area contributed by atoms with Crippen LogP contribution in [0.15, 0.2) is 24.3 Å².